The number of aliphatic hydroxyl groups excluding tert-OH is 1. The van der Waals surface area contributed by atoms with Crippen LogP contribution in [0.5, 0.6) is 0 Å². The van der Waals surface area contributed by atoms with Crippen LogP contribution in [-0.4, -0.2) is 54.3 Å². The molecule has 0 heterocycles. The third kappa shape index (κ3) is 51.5. The van der Waals surface area contributed by atoms with Crippen LogP contribution in [0, 0.1) is 0 Å². The summed E-state index contributed by atoms with van der Waals surface area (Å²) in [6.45, 7) is 3.35. The van der Waals surface area contributed by atoms with Gasteiger partial charge in [-0.15, -0.1) is 0 Å². The van der Waals surface area contributed by atoms with E-state index in [4.69, 9.17) is 13.8 Å². The molecule has 370 valence electrons. The second-order valence-electron chi connectivity index (χ2n) is 16.4. The van der Waals surface area contributed by atoms with Crippen molar-refractivity contribution in [2.45, 2.75) is 200 Å². The predicted octanol–water partition coefficient (Wildman–Crippen LogP) is 15.1. The molecule has 0 saturated carbocycles. The van der Waals surface area contributed by atoms with Gasteiger partial charge in [-0.1, -0.05) is 187 Å². The average molecular weight is 926 g/mol. The summed E-state index contributed by atoms with van der Waals surface area (Å²) in [6.07, 6.45) is 67.4. The van der Waals surface area contributed by atoms with Gasteiger partial charge in [-0.2, -0.15) is 0 Å². The van der Waals surface area contributed by atoms with E-state index in [-0.39, 0.29) is 32.1 Å². The van der Waals surface area contributed by atoms with Gasteiger partial charge in [0.25, 0.3) is 0 Å². The fraction of sp³-hybridized carbons (Fsp3) is 0.636. The van der Waals surface area contributed by atoms with Gasteiger partial charge in [0.2, 0.25) is 5.91 Å². The lowest BCUT2D eigenvalue weighted by Crippen LogP contribution is -2.27. The highest BCUT2D eigenvalue weighted by Crippen LogP contribution is 2.42. The van der Waals surface area contributed by atoms with Crippen molar-refractivity contribution in [3.05, 3.63) is 109 Å². The normalized spacial score (nSPS) is 14.1. The third-order valence-corrected chi connectivity index (χ3v) is 11.2. The molecule has 0 saturated heterocycles. The average Bonchev–Trinajstić information content (AvgIpc) is 3.29. The summed E-state index contributed by atoms with van der Waals surface area (Å²) >= 11 is 0. The number of nitrogens with one attached hydrogen (secondary N) is 1. The van der Waals surface area contributed by atoms with Crippen LogP contribution in [0.2, 0.25) is 0 Å². The Morgan fingerprint density at radius 2 is 0.877 bits per heavy atom. The summed E-state index contributed by atoms with van der Waals surface area (Å²) in [5.74, 6) is -0.571. The molecule has 0 radical (unpaired) electrons. The minimum atomic E-state index is -4.44. The molecule has 9 nitrogen and oxygen atoms in total. The topological polar surface area (TPSA) is 131 Å². The van der Waals surface area contributed by atoms with Crippen LogP contribution in [0.3, 0.4) is 0 Å². The molecule has 0 rings (SSSR count). The van der Waals surface area contributed by atoms with Gasteiger partial charge in [0.15, 0.2) is 0 Å². The first-order valence-corrected chi connectivity index (χ1v) is 26.9. The first-order valence-electron chi connectivity index (χ1n) is 25.4. The van der Waals surface area contributed by atoms with Crippen LogP contribution in [0.15, 0.2) is 109 Å². The number of amides is 1. The molecule has 2 unspecified atom stereocenters. The van der Waals surface area contributed by atoms with E-state index in [0.29, 0.717) is 6.42 Å². The fourth-order valence-electron chi connectivity index (χ4n) is 6.39. The van der Waals surface area contributed by atoms with Gasteiger partial charge in [0.05, 0.1) is 13.2 Å². The van der Waals surface area contributed by atoms with Crippen molar-refractivity contribution in [3.63, 3.8) is 0 Å². The SMILES string of the molecule is CC/C=C\C/C=C\C/C=C\C/C=C\C/C=C\C/C=C\CCCCC(=O)NCCOP(=O)(O)OCC(O)COC(=O)CCCCCCCCCCCC/C=C\C/C=C\C/C=C\CCCCC. The molecule has 0 aromatic rings. The number of esters is 1. The molecule has 0 aromatic heterocycles. The Labute approximate surface area is 397 Å². The number of phosphoric ester groups is 1. The van der Waals surface area contributed by atoms with Gasteiger partial charge in [-0.25, -0.2) is 4.57 Å². The molecule has 65 heavy (non-hydrogen) atoms. The van der Waals surface area contributed by atoms with Gasteiger partial charge in [-0.3, -0.25) is 18.6 Å². The molecular formula is C55H92NO8P. The second-order valence-corrected chi connectivity index (χ2v) is 17.9. The molecule has 0 aliphatic heterocycles. The Morgan fingerprint density at radius 1 is 0.492 bits per heavy atom. The maximum atomic E-state index is 12.2. The number of hydrogen-bond donors (Lipinski definition) is 3. The van der Waals surface area contributed by atoms with Crippen molar-refractivity contribution in [2.24, 2.45) is 0 Å². The van der Waals surface area contributed by atoms with Crippen molar-refractivity contribution in [1.29, 1.82) is 0 Å². The number of carbonyl (C=O) groups excluding carboxylic acids is 2. The van der Waals surface area contributed by atoms with Crippen LogP contribution in [0.1, 0.15) is 194 Å². The lowest BCUT2D eigenvalue weighted by molar-refractivity contribution is -0.147. The van der Waals surface area contributed by atoms with E-state index in [2.05, 4.69) is 129 Å². The van der Waals surface area contributed by atoms with Crippen LogP contribution in [0.25, 0.3) is 0 Å². The minimum absolute atomic E-state index is 0.0508. The summed E-state index contributed by atoms with van der Waals surface area (Å²) in [6, 6.07) is 0. The molecular weight excluding hydrogens is 834 g/mol. The number of allylic oxidation sites excluding steroid dienone is 18. The molecule has 2 atom stereocenters. The molecule has 0 fully saturated rings. The van der Waals surface area contributed by atoms with Crippen molar-refractivity contribution in [1.82, 2.24) is 5.32 Å². The van der Waals surface area contributed by atoms with E-state index in [1.807, 2.05) is 0 Å². The first-order chi connectivity index (χ1) is 31.8. The van der Waals surface area contributed by atoms with E-state index in [0.717, 1.165) is 103 Å². The van der Waals surface area contributed by atoms with Gasteiger partial charge < -0.3 is 20.1 Å². The third-order valence-electron chi connectivity index (χ3n) is 10.2. The molecule has 0 bridgehead atoms. The van der Waals surface area contributed by atoms with Gasteiger partial charge in [-0.05, 0) is 103 Å². The number of rotatable bonds is 46. The van der Waals surface area contributed by atoms with E-state index in [1.165, 1.54) is 64.2 Å². The fourth-order valence-corrected chi connectivity index (χ4v) is 7.15. The van der Waals surface area contributed by atoms with E-state index in [1.54, 1.807) is 0 Å². The van der Waals surface area contributed by atoms with Crippen molar-refractivity contribution < 1.29 is 37.9 Å². The molecule has 3 N–H and O–H groups in total. The van der Waals surface area contributed by atoms with E-state index >= 15 is 0 Å². The molecule has 0 spiro atoms. The Morgan fingerprint density at radius 3 is 1.34 bits per heavy atom. The maximum absolute atomic E-state index is 12.2. The number of unbranched alkanes of at least 4 members (excludes halogenated alkanes) is 15. The van der Waals surface area contributed by atoms with Crippen LogP contribution in [0.4, 0.5) is 0 Å². The smallest absolute Gasteiger partial charge is 0.463 e. The molecule has 0 aliphatic rings. The number of phosphoric acid groups is 1. The van der Waals surface area contributed by atoms with Crippen LogP contribution < -0.4 is 5.32 Å². The minimum Gasteiger partial charge on any atom is -0.463 e. The van der Waals surface area contributed by atoms with Gasteiger partial charge in [0, 0.05) is 19.4 Å². The Hall–Kier alpha value is -3.33. The maximum Gasteiger partial charge on any atom is 0.472 e. The van der Waals surface area contributed by atoms with E-state index in [9.17, 15) is 24.2 Å². The second kappa shape index (κ2) is 50.1. The Kier molecular flexibility index (Phi) is 47.5. The van der Waals surface area contributed by atoms with Crippen molar-refractivity contribution in [2.75, 3.05) is 26.4 Å². The summed E-state index contributed by atoms with van der Waals surface area (Å²) < 4.78 is 27.0. The Bertz CT molecular complexity index is 1430. The van der Waals surface area contributed by atoms with E-state index < -0.39 is 26.5 Å². The Balaban J connectivity index is 3.66. The highest BCUT2D eigenvalue weighted by atomic mass is 31.2. The highest BCUT2D eigenvalue weighted by Gasteiger charge is 2.23. The number of aliphatic hydroxyl groups is 1. The zero-order valence-electron chi connectivity index (χ0n) is 40.9. The van der Waals surface area contributed by atoms with Gasteiger partial charge in [0.1, 0.15) is 12.7 Å². The number of hydrogen-bond acceptors (Lipinski definition) is 7. The number of ether oxygens (including phenoxy) is 1. The summed E-state index contributed by atoms with van der Waals surface area (Å²) in [5.41, 5.74) is 0. The lowest BCUT2D eigenvalue weighted by atomic mass is 10.1. The highest BCUT2D eigenvalue weighted by molar-refractivity contribution is 7.47. The monoisotopic (exact) mass is 926 g/mol. The zero-order chi connectivity index (χ0) is 47.4. The van der Waals surface area contributed by atoms with Gasteiger partial charge >= 0.3 is 13.8 Å². The standard InChI is InChI=1S/C55H92NO8P/c1-3-5-7-9-11-13-15-17-19-21-23-25-26-28-30-32-34-36-38-40-42-44-46-48-55(59)62-51-53(57)52-64-65(60,61)63-50-49-56-54(58)47-45-43-41-39-37-35-33-31-29-27-24-22-20-18-16-14-12-10-8-6-4-2/h6,8,11-14,17-20,23-25,27,31,33,37,39,53,57H,3-5,7,9-10,15-16,21-22,26,28-30,32,34-36,38,40-52H2,1-2H3,(H,56,58)(H,60,61)/b8-6-,13-11-,14-12-,19-17-,20-18-,25-23-,27-24-,33-31-,39-37-. The van der Waals surface area contributed by atoms with Crippen LogP contribution in [-0.2, 0) is 27.9 Å². The summed E-state index contributed by atoms with van der Waals surface area (Å²) in [7, 11) is -4.44. The van der Waals surface area contributed by atoms with Crippen molar-refractivity contribution >= 4 is 19.7 Å². The zero-order valence-corrected chi connectivity index (χ0v) is 41.8. The molecule has 10 heteroatoms. The largest absolute Gasteiger partial charge is 0.472 e. The van der Waals surface area contributed by atoms with Crippen molar-refractivity contribution in [3.8, 4) is 0 Å². The predicted molar refractivity (Wildman–Crippen MR) is 275 cm³/mol. The summed E-state index contributed by atoms with van der Waals surface area (Å²) in [4.78, 5) is 34.1. The summed E-state index contributed by atoms with van der Waals surface area (Å²) in [5, 5.41) is 12.7. The quantitative estimate of drug-likeness (QED) is 0.0238. The molecule has 1 amide bonds. The van der Waals surface area contributed by atoms with Crippen LogP contribution >= 0.6 is 7.82 Å². The molecule has 0 aromatic carbocycles. The first kappa shape index (κ1) is 61.7. The lowest BCUT2D eigenvalue weighted by Gasteiger charge is -2.15. The number of carbonyl (C=O) groups is 2. The molecule has 0 aliphatic carbocycles.